The highest BCUT2D eigenvalue weighted by Gasteiger charge is 2.20. The van der Waals surface area contributed by atoms with Crippen LogP contribution in [-0.2, 0) is 9.47 Å². The third kappa shape index (κ3) is 3.86. The molecule has 6 heteroatoms. The third-order valence-corrected chi connectivity index (χ3v) is 3.68. The molecule has 116 valence electrons. The number of carbonyl (C=O) groups is 1. The molecule has 3 N–H and O–H groups in total. The molecule has 0 aromatic heterocycles. The fourth-order valence-electron chi connectivity index (χ4n) is 2.45. The van der Waals surface area contributed by atoms with Crippen LogP contribution in [0.1, 0.15) is 17.3 Å². The lowest BCUT2D eigenvalue weighted by Crippen LogP contribution is -2.45. The molecular weight excluding hydrogens is 270 g/mol. The van der Waals surface area contributed by atoms with E-state index in [1.165, 1.54) is 7.11 Å². The maximum atomic E-state index is 11.8. The number of nitrogens with one attached hydrogen (secondary N) is 1. The summed E-state index contributed by atoms with van der Waals surface area (Å²) in [5.41, 5.74) is 7.55. The van der Waals surface area contributed by atoms with Crippen LogP contribution < -0.4 is 11.1 Å². The highest BCUT2D eigenvalue weighted by molar-refractivity contribution is 5.98. The number of ether oxygens (including phenoxy) is 2. The minimum absolute atomic E-state index is 0.0869. The van der Waals surface area contributed by atoms with Gasteiger partial charge < -0.3 is 20.5 Å². The molecule has 1 unspecified atom stereocenters. The van der Waals surface area contributed by atoms with Crippen LogP contribution in [0.15, 0.2) is 18.2 Å². The van der Waals surface area contributed by atoms with Gasteiger partial charge in [0.1, 0.15) is 0 Å². The van der Waals surface area contributed by atoms with E-state index < -0.39 is 5.97 Å². The summed E-state index contributed by atoms with van der Waals surface area (Å²) in [4.78, 5) is 14.1. The van der Waals surface area contributed by atoms with E-state index in [1.54, 1.807) is 18.2 Å². The molecular formula is C15H23N3O3. The first-order chi connectivity index (χ1) is 10.2. The number of nitrogens with zero attached hydrogens (tertiary/aromatic N) is 1. The van der Waals surface area contributed by atoms with Crippen LogP contribution in [0.25, 0.3) is 0 Å². The Labute approximate surface area is 125 Å². The predicted molar refractivity (Wildman–Crippen MR) is 82.5 cm³/mol. The van der Waals surface area contributed by atoms with E-state index >= 15 is 0 Å². The van der Waals surface area contributed by atoms with Gasteiger partial charge in [-0.05, 0) is 18.7 Å². The second-order valence-corrected chi connectivity index (χ2v) is 5.03. The molecule has 1 heterocycles. The summed E-state index contributed by atoms with van der Waals surface area (Å²) in [5.74, 6) is -0.399. The first kappa shape index (κ1) is 15.6. The largest absolute Gasteiger partial charge is 0.465 e. The minimum Gasteiger partial charge on any atom is -0.465 e. The number of methoxy groups -OCH3 is 1. The summed E-state index contributed by atoms with van der Waals surface area (Å²) in [6, 6.07) is 5.20. The zero-order valence-corrected chi connectivity index (χ0v) is 12.6. The zero-order valence-electron chi connectivity index (χ0n) is 12.6. The zero-order chi connectivity index (χ0) is 15.2. The third-order valence-electron chi connectivity index (χ3n) is 3.68. The average Bonchev–Trinajstić information content (AvgIpc) is 2.53. The van der Waals surface area contributed by atoms with Gasteiger partial charge in [0, 0.05) is 19.6 Å². The molecule has 0 saturated carbocycles. The van der Waals surface area contributed by atoms with Crippen LogP contribution in [0.4, 0.5) is 11.4 Å². The molecule has 1 aliphatic rings. The average molecular weight is 293 g/mol. The first-order valence-electron chi connectivity index (χ1n) is 7.20. The molecule has 0 spiro atoms. The van der Waals surface area contributed by atoms with Gasteiger partial charge in [-0.15, -0.1) is 0 Å². The van der Waals surface area contributed by atoms with Crippen molar-refractivity contribution in [3.05, 3.63) is 23.8 Å². The van der Waals surface area contributed by atoms with Crippen molar-refractivity contribution in [3.63, 3.8) is 0 Å². The number of morpholine rings is 1. The van der Waals surface area contributed by atoms with Gasteiger partial charge in [-0.2, -0.15) is 0 Å². The number of hydrogen-bond donors (Lipinski definition) is 2. The molecule has 21 heavy (non-hydrogen) atoms. The number of hydrogen-bond acceptors (Lipinski definition) is 6. The topological polar surface area (TPSA) is 76.8 Å². The molecule has 0 radical (unpaired) electrons. The number of carbonyl (C=O) groups excluding carboxylic acids is 1. The molecule has 6 nitrogen and oxygen atoms in total. The molecule has 2 rings (SSSR count). The highest BCUT2D eigenvalue weighted by atomic mass is 16.5. The van der Waals surface area contributed by atoms with E-state index in [0.29, 0.717) is 23.5 Å². The molecule has 1 aromatic rings. The molecule has 1 atom stereocenters. The monoisotopic (exact) mass is 293 g/mol. The van der Waals surface area contributed by atoms with Crippen LogP contribution in [0.5, 0.6) is 0 Å². The van der Waals surface area contributed by atoms with Crippen LogP contribution in [-0.4, -0.2) is 56.9 Å². The van der Waals surface area contributed by atoms with E-state index in [0.717, 1.165) is 26.2 Å². The Morgan fingerprint density at radius 3 is 3.10 bits per heavy atom. The fraction of sp³-hybridized carbons (Fsp3) is 0.533. The van der Waals surface area contributed by atoms with Crippen molar-refractivity contribution >= 4 is 17.3 Å². The van der Waals surface area contributed by atoms with Gasteiger partial charge in [0.05, 0.1) is 36.8 Å². The van der Waals surface area contributed by atoms with Gasteiger partial charge in [-0.3, -0.25) is 4.90 Å². The maximum absolute atomic E-state index is 11.8. The molecule has 1 fully saturated rings. The number of para-hydroxylation sites is 1. The van der Waals surface area contributed by atoms with Crippen LogP contribution >= 0.6 is 0 Å². The van der Waals surface area contributed by atoms with Crippen molar-refractivity contribution in [2.45, 2.75) is 13.0 Å². The van der Waals surface area contributed by atoms with Gasteiger partial charge in [0.25, 0.3) is 0 Å². The van der Waals surface area contributed by atoms with E-state index in [-0.39, 0.29) is 6.10 Å². The molecule has 0 amide bonds. The lowest BCUT2D eigenvalue weighted by molar-refractivity contribution is -0.0191. The molecule has 1 aromatic carbocycles. The molecule has 0 aliphatic carbocycles. The highest BCUT2D eigenvalue weighted by Crippen LogP contribution is 2.24. The number of nitrogens with two attached hydrogens (primary N) is 1. The number of anilines is 2. The number of rotatable bonds is 5. The van der Waals surface area contributed by atoms with Gasteiger partial charge in [0.2, 0.25) is 0 Å². The summed E-state index contributed by atoms with van der Waals surface area (Å²) in [7, 11) is 1.36. The lowest BCUT2D eigenvalue weighted by atomic mass is 10.1. The molecule has 0 bridgehead atoms. The quantitative estimate of drug-likeness (QED) is 0.627. The summed E-state index contributed by atoms with van der Waals surface area (Å²) < 4.78 is 10.5. The van der Waals surface area contributed by atoms with Gasteiger partial charge >= 0.3 is 5.97 Å². The summed E-state index contributed by atoms with van der Waals surface area (Å²) >= 11 is 0. The van der Waals surface area contributed by atoms with Crippen LogP contribution in [0.3, 0.4) is 0 Å². The fourth-order valence-corrected chi connectivity index (χ4v) is 2.45. The Morgan fingerprint density at radius 1 is 1.57 bits per heavy atom. The van der Waals surface area contributed by atoms with Crippen molar-refractivity contribution < 1.29 is 14.3 Å². The number of benzene rings is 1. The standard InChI is InChI=1S/C15H23N3O3/c1-3-18-7-8-21-11(10-18)9-17-14-12(15(19)20-2)5-4-6-13(14)16/h4-6,11,17H,3,7-10,16H2,1-2H3. The Balaban J connectivity index is 2.04. The maximum Gasteiger partial charge on any atom is 0.340 e. The number of esters is 1. The van der Waals surface area contributed by atoms with Gasteiger partial charge in [0.15, 0.2) is 0 Å². The van der Waals surface area contributed by atoms with Crippen molar-refractivity contribution in [1.82, 2.24) is 4.90 Å². The van der Waals surface area contributed by atoms with Crippen molar-refractivity contribution in [1.29, 1.82) is 0 Å². The van der Waals surface area contributed by atoms with Gasteiger partial charge in [-0.25, -0.2) is 4.79 Å². The summed E-state index contributed by atoms with van der Waals surface area (Å²) in [6.07, 6.45) is 0.0869. The smallest absolute Gasteiger partial charge is 0.340 e. The Bertz CT molecular complexity index is 493. The predicted octanol–water partition coefficient (Wildman–Crippen LogP) is 1.19. The van der Waals surface area contributed by atoms with Crippen molar-refractivity contribution in [3.8, 4) is 0 Å². The molecule has 1 aliphatic heterocycles. The number of nitrogen functional groups attached to an aromatic ring is 1. The van der Waals surface area contributed by atoms with E-state index in [2.05, 4.69) is 17.1 Å². The second-order valence-electron chi connectivity index (χ2n) is 5.03. The second kappa shape index (κ2) is 7.28. The van der Waals surface area contributed by atoms with E-state index in [9.17, 15) is 4.79 Å². The normalized spacial score (nSPS) is 19.2. The van der Waals surface area contributed by atoms with E-state index in [4.69, 9.17) is 15.2 Å². The van der Waals surface area contributed by atoms with E-state index in [1.807, 2.05) is 0 Å². The Morgan fingerprint density at radius 2 is 2.38 bits per heavy atom. The molecule has 1 saturated heterocycles. The van der Waals surface area contributed by atoms with Gasteiger partial charge in [-0.1, -0.05) is 13.0 Å². The SMILES string of the molecule is CCN1CCOC(CNc2c(N)cccc2C(=O)OC)C1. The van der Waals surface area contributed by atoms with Crippen molar-refractivity contribution in [2.24, 2.45) is 0 Å². The van der Waals surface area contributed by atoms with Crippen LogP contribution in [0.2, 0.25) is 0 Å². The Hall–Kier alpha value is -1.79. The van der Waals surface area contributed by atoms with Crippen LogP contribution in [0, 0.1) is 0 Å². The minimum atomic E-state index is -0.399. The Kier molecular flexibility index (Phi) is 5.41. The van der Waals surface area contributed by atoms with Crippen molar-refractivity contribution in [2.75, 3.05) is 50.9 Å². The summed E-state index contributed by atoms with van der Waals surface area (Å²) in [6.45, 7) is 6.34. The summed E-state index contributed by atoms with van der Waals surface area (Å²) in [5, 5.41) is 3.23. The first-order valence-corrected chi connectivity index (χ1v) is 7.20. The lowest BCUT2D eigenvalue weighted by Gasteiger charge is -2.32. The number of likely N-dealkylation sites (N-methyl/N-ethyl adjacent to an activating group) is 1.